The number of nitrogens with one attached hydrogen (secondary N) is 2. The summed E-state index contributed by atoms with van der Waals surface area (Å²) >= 11 is 0. The third-order valence-corrected chi connectivity index (χ3v) is 6.87. The van der Waals surface area contributed by atoms with E-state index in [1.807, 2.05) is 24.3 Å². The van der Waals surface area contributed by atoms with Crippen LogP contribution in [0.5, 0.6) is 11.5 Å². The Balaban J connectivity index is 1.13. The van der Waals surface area contributed by atoms with Gasteiger partial charge in [-0.3, -0.25) is 14.6 Å². The molecule has 0 aliphatic heterocycles. The maximum absolute atomic E-state index is 13.1. The van der Waals surface area contributed by atoms with Crippen LogP contribution in [0, 0.1) is 16.4 Å². The lowest BCUT2D eigenvalue weighted by Gasteiger charge is -2.16. The van der Waals surface area contributed by atoms with E-state index in [1.165, 1.54) is 36.7 Å². The fraction of sp³-hybridized carbons (Fsp3) is 0.0968. The van der Waals surface area contributed by atoms with Crippen LogP contribution < -0.4 is 20.1 Å². The van der Waals surface area contributed by atoms with Gasteiger partial charge in [-0.15, -0.1) is 0 Å². The van der Waals surface area contributed by atoms with Gasteiger partial charge in [0.05, 0.1) is 5.52 Å². The van der Waals surface area contributed by atoms with Crippen LogP contribution >= 0.6 is 0 Å². The molecule has 3 aromatic carbocycles. The zero-order valence-electron chi connectivity index (χ0n) is 21.1. The Morgan fingerprint density at radius 1 is 0.875 bits per heavy atom. The standard InChI is InChI=1S/C31H23FN4O4/c32-22-4-6-23(7-5-22)34-29(37)31(14-15-31)30(38)35-24-8-10-25(11-9-24)40-28-13-16-33-27-18-20(3-12-26(27)28)21-2-1-17-36(39)19-21/h1-13,16-19H,14-15H2,(H,34,37)(H,35,38). The van der Waals surface area contributed by atoms with Gasteiger partial charge in [0.1, 0.15) is 22.7 Å². The van der Waals surface area contributed by atoms with E-state index in [4.69, 9.17) is 4.74 Å². The molecule has 8 nitrogen and oxygen atoms in total. The van der Waals surface area contributed by atoms with Crippen molar-refractivity contribution in [1.82, 2.24) is 4.98 Å². The summed E-state index contributed by atoms with van der Waals surface area (Å²) in [5.74, 6) is -0.0472. The Hall–Kier alpha value is -5.31. The summed E-state index contributed by atoms with van der Waals surface area (Å²) in [6, 6.07) is 23.3. The van der Waals surface area contributed by atoms with Crippen molar-refractivity contribution in [3.63, 3.8) is 0 Å². The van der Waals surface area contributed by atoms with Gasteiger partial charge in [0.2, 0.25) is 11.8 Å². The van der Waals surface area contributed by atoms with E-state index in [9.17, 15) is 19.2 Å². The molecule has 1 aliphatic rings. The molecule has 0 bridgehead atoms. The number of halogens is 1. The Morgan fingerprint density at radius 3 is 2.20 bits per heavy atom. The second-order valence-corrected chi connectivity index (χ2v) is 9.62. The van der Waals surface area contributed by atoms with E-state index in [2.05, 4.69) is 15.6 Å². The average Bonchev–Trinajstić information content (AvgIpc) is 3.78. The number of pyridine rings is 2. The summed E-state index contributed by atoms with van der Waals surface area (Å²) in [6.07, 6.45) is 5.46. The number of ether oxygens (including phenoxy) is 1. The summed E-state index contributed by atoms with van der Waals surface area (Å²) in [4.78, 5) is 30.2. The normalized spacial score (nSPS) is 13.4. The summed E-state index contributed by atoms with van der Waals surface area (Å²) in [5, 5.41) is 18.0. The van der Waals surface area contributed by atoms with Crippen molar-refractivity contribution in [1.29, 1.82) is 0 Å². The zero-order chi connectivity index (χ0) is 27.7. The Kier molecular flexibility index (Phi) is 6.31. The minimum absolute atomic E-state index is 0.391. The molecule has 5 aromatic rings. The monoisotopic (exact) mass is 534 g/mol. The lowest BCUT2D eigenvalue weighted by atomic mass is 10.0. The van der Waals surface area contributed by atoms with E-state index in [-0.39, 0.29) is 0 Å². The second-order valence-electron chi connectivity index (χ2n) is 9.62. The van der Waals surface area contributed by atoms with Gasteiger partial charge >= 0.3 is 0 Å². The third kappa shape index (κ3) is 5.04. The highest BCUT2D eigenvalue weighted by molar-refractivity contribution is 6.16. The summed E-state index contributed by atoms with van der Waals surface area (Å²) in [7, 11) is 0. The second kappa shape index (κ2) is 10.1. The van der Waals surface area contributed by atoms with Crippen LogP contribution in [0.2, 0.25) is 0 Å². The quantitative estimate of drug-likeness (QED) is 0.155. The van der Waals surface area contributed by atoms with Crippen LogP contribution in [0.1, 0.15) is 12.8 Å². The average molecular weight is 535 g/mol. The zero-order valence-corrected chi connectivity index (χ0v) is 21.1. The molecule has 0 unspecified atom stereocenters. The number of amides is 2. The number of carbonyl (C=O) groups excluding carboxylic acids is 2. The van der Waals surface area contributed by atoms with E-state index in [0.29, 0.717) is 41.2 Å². The predicted octanol–water partition coefficient (Wildman–Crippen LogP) is 5.82. The van der Waals surface area contributed by atoms with Crippen molar-refractivity contribution in [2.45, 2.75) is 12.8 Å². The molecule has 0 atom stereocenters. The highest BCUT2D eigenvalue weighted by Crippen LogP contribution is 2.47. The molecule has 2 heterocycles. The predicted molar refractivity (Wildman–Crippen MR) is 148 cm³/mol. The number of fused-ring (bicyclic) bond motifs is 1. The first-order chi connectivity index (χ1) is 19.4. The van der Waals surface area contributed by atoms with Gasteiger partial charge in [0.15, 0.2) is 12.4 Å². The van der Waals surface area contributed by atoms with Gasteiger partial charge in [-0.1, -0.05) is 6.07 Å². The highest BCUT2D eigenvalue weighted by Gasteiger charge is 2.56. The lowest BCUT2D eigenvalue weighted by molar-refractivity contribution is -0.604. The first-order valence-corrected chi connectivity index (χ1v) is 12.6. The van der Waals surface area contributed by atoms with E-state index >= 15 is 0 Å². The fourth-order valence-corrected chi connectivity index (χ4v) is 4.47. The molecule has 2 N–H and O–H groups in total. The molecule has 0 radical (unpaired) electrons. The molecule has 0 saturated heterocycles. The largest absolute Gasteiger partial charge is 0.619 e. The number of nitrogens with zero attached hydrogens (tertiary/aromatic N) is 2. The van der Waals surface area contributed by atoms with Crippen molar-refractivity contribution in [2.24, 2.45) is 5.41 Å². The molecular weight excluding hydrogens is 511 g/mol. The fourth-order valence-electron chi connectivity index (χ4n) is 4.47. The van der Waals surface area contributed by atoms with E-state index < -0.39 is 23.0 Å². The minimum Gasteiger partial charge on any atom is -0.619 e. The number of benzene rings is 3. The van der Waals surface area contributed by atoms with Gasteiger partial charge in [0.25, 0.3) is 0 Å². The van der Waals surface area contributed by atoms with E-state index in [1.54, 1.807) is 42.6 Å². The van der Waals surface area contributed by atoms with Crippen LogP contribution in [0.4, 0.5) is 15.8 Å². The van der Waals surface area contributed by atoms with Crippen LogP contribution in [-0.2, 0) is 9.59 Å². The first kappa shape index (κ1) is 25.0. The Bertz CT molecular complexity index is 1740. The molecule has 9 heteroatoms. The number of hydrogen-bond donors (Lipinski definition) is 2. The number of rotatable bonds is 7. The van der Waals surface area contributed by atoms with Crippen molar-refractivity contribution in [3.8, 4) is 22.6 Å². The van der Waals surface area contributed by atoms with Gasteiger partial charge in [-0.25, -0.2) is 4.39 Å². The lowest BCUT2D eigenvalue weighted by Crippen LogP contribution is -2.35. The maximum atomic E-state index is 13.1. The molecule has 2 amide bonds. The molecule has 6 rings (SSSR count). The van der Waals surface area contributed by atoms with Gasteiger partial charge in [0, 0.05) is 34.6 Å². The van der Waals surface area contributed by atoms with Crippen LogP contribution in [0.25, 0.3) is 22.0 Å². The van der Waals surface area contributed by atoms with Gasteiger partial charge in [-0.05, 0) is 91.2 Å². The van der Waals surface area contributed by atoms with Gasteiger partial charge < -0.3 is 20.6 Å². The molecular formula is C31H23FN4O4. The Labute approximate surface area is 228 Å². The number of anilines is 2. The number of aromatic nitrogens is 2. The minimum atomic E-state index is -1.15. The van der Waals surface area contributed by atoms with E-state index in [0.717, 1.165) is 21.2 Å². The topological polar surface area (TPSA) is 107 Å². The van der Waals surface area contributed by atoms with Crippen LogP contribution in [-0.4, -0.2) is 16.8 Å². The number of hydrogen-bond acceptors (Lipinski definition) is 5. The molecule has 1 fully saturated rings. The molecule has 2 aromatic heterocycles. The smallest absolute Gasteiger partial charge is 0.240 e. The van der Waals surface area contributed by atoms with Crippen molar-refractivity contribution >= 4 is 34.1 Å². The molecule has 40 heavy (non-hydrogen) atoms. The van der Waals surface area contributed by atoms with Crippen LogP contribution in [0.3, 0.4) is 0 Å². The molecule has 0 spiro atoms. The first-order valence-electron chi connectivity index (χ1n) is 12.6. The van der Waals surface area contributed by atoms with Crippen molar-refractivity contribution in [3.05, 3.63) is 115 Å². The summed E-state index contributed by atoms with van der Waals surface area (Å²) in [5.41, 5.74) is 2.18. The third-order valence-electron chi connectivity index (χ3n) is 6.87. The number of carbonyl (C=O) groups is 2. The van der Waals surface area contributed by atoms with Crippen molar-refractivity contribution in [2.75, 3.05) is 10.6 Å². The molecule has 1 saturated carbocycles. The highest BCUT2D eigenvalue weighted by atomic mass is 19.1. The SMILES string of the molecule is O=C(Nc1ccc(F)cc1)C1(C(=O)Nc2ccc(Oc3ccnc4cc(-c5ccc[n+]([O-])c5)ccc34)cc2)CC1. The summed E-state index contributed by atoms with van der Waals surface area (Å²) < 4.78 is 20.0. The van der Waals surface area contributed by atoms with Crippen molar-refractivity contribution < 1.29 is 23.4 Å². The van der Waals surface area contributed by atoms with Gasteiger partial charge in [-0.2, -0.15) is 4.73 Å². The van der Waals surface area contributed by atoms with Crippen LogP contribution in [0.15, 0.2) is 104 Å². The Morgan fingerprint density at radius 2 is 1.55 bits per heavy atom. The molecule has 198 valence electrons. The maximum Gasteiger partial charge on any atom is 0.240 e. The summed E-state index contributed by atoms with van der Waals surface area (Å²) in [6.45, 7) is 0. The molecule has 1 aliphatic carbocycles.